The van der Waals surface area contributed by atoms with Crippen molar-refractivity contribution in [1.29, 1.82) is 0 Å². The fourth-order valence-electron chi connectivity index (χ4n) is 1.56. The van der Waals surface area contributed by atoms with Gasteiger partial charge in [-0.05, 0) is 39.0 Å². The van der Waals surface area contributed by atoms with Crippen LogP contribution in [0.3, 0.4) is 0 Å². The van der Waals surface area contributed by atoms with Crippen LogP contribution in [-0.2, 0) is 4.74 Å². The van der Waals surface area contributed by atoms with Crippen molar-refractivity contribution in [2.75, 3.05) is 6.54 Å². The van der Waals surface area contributed by atoms with Gasteiger partial charge in [-0.3, -0.25) is 0 Å². The Kier molecular flexibility index (Phi) is 6.28. The van der Waals surface area contributed by atoms with Gasteiger partial charge in [-0.1, -0.05) is 11.8 Å². The molecule has 1 aromatic carbocycles. The summed E-state index contributed by atoms with van der Waals surface area (Å²) in [5, 5.41) is 11.3. The van der Waals surface area contributed by atoms with Gasteiger partial charge in [-0.25, -0.2) is 9.59 Å². The van der Waals surface area contributed by atoms with Crippen LogP contribution in [0, 0.1) is 11.8 Å². The van der Waals surface area contributed by atoms with E-state index in [-0.39, 0.29) is 12.1 Å². The summed E-state index contributed by atoms with van der Waals surface area (Å²) in [6.07, 6.45) is -5.66. The number of hydrogen-bond donors (Lipinski definition) is 2. The number of halogens is 3. The Bertz CT molecular complexity index is 711. The smallest absolute Gasteiger partial charge is 0.478 e. The van der Waals surface area contributed by atoms with E-state index in [4.69, 9.17) is 9.84 Å². The van der Waals surface area contributed by atoms with E-state index in [9.17, 15) is 22.8 Å². The second-order valence-electron chi connectivity index (χ2n) is 5.76. The standard InChI is InChI=1S/C16H16F3NO5/c1-15(2,3)25-14(23)20-6-4-5-10-7-11(13(21)22)9-12(8-10)24-16(17,18)19/h7-9H,6H2,1-3H3,(H,20,23)(H,21,22). The Labute approximate surface area is 141 Å². The molecule has 25 heavy (non-hydrogen) atoms. The zero-order valence-electron chi connectivity index (χ0n) is 13.7. The number of ether oxygens (including phenoxy) is 2. The minimum Gasteiger partial charge on any atom is -0.478 e. The number of alkyl carbamates (subject to hydrolysis) is 1. The Morgan fingerprint density at radius 3 is 2.36 bits per heavy atom. The Morgan fingerprint density at radius 1 is 1.20 bits per heavy atom. The summed E-state index contributed by atoms with van der Waals surface area (Å²) in [6, 6.07) is 2.77. The van der Waals surface area contributed by atoms with E-state index in [0.29, 0.717) is 0 Å². The lowest BCUT2D eigenvalue weighted by Crippen LogP contribution is -2.32. The van der Waals surface area contributed by atoms with E-state index >= 15 is 0 Å². The largest absolute Gasteiger partial charge is 0.573 e. The summed E-state index contributed by atoms with van der Waals surface area (Å²) in [4.78, 5) is 22.4. The summed E-state index contributed by atoms with van der Waals surface area (Å²) in [5.74, 6) is 2.81. The van der Waals surface area contributed by atoms with Gasteiger partial charge in [0.25, 0.3) is 0 Å². The van der Waals surface area contributed by atoms with Crippen molar-refractivity contribution < 1.29 is 37.3 Å². The normalized spacial score (nSPS) is 11.1. The first kappa shape index (κ1) is 20.2. The lowest BCUT2D eigenvalue weighted by atomic mass is 10.1. The van der Waals surface area contributed by atoms with E-state index in [2.05, 4.69) is 21.9 Å². The number of nitrogens with one attached hydrogen (secondary N) is 1. The van der Waals surface area contributed by atoms with Gasteiger partial charge in [0.1, 0.15) is 11.4 Å². The number of hydrogen-bond acceptors (Lipinski definition) is 4. The molecule has 0 saturated carbocycles. The van der Waals surface area contributed by atoms with Gasteiger partial charge >= 0.3 is 18.4 Å². The van der Waals surface area contributed by atoms with Crippen LogP contribution in [0.15, 0.2) is 18.2 Å². The summed E-state index contributed by atoms with van der Waals surface area (Å²) < 4.78 is 45.5. The number of carbonyl (C=O) groups is 2. The molecule has 0 radical (unpaired) electrons. The van der Waals surface area contributed by atoms with Crippen molar-refractivity contribution in [1.82, 2.24) is 5.32 Å². The Hall–Kier alpha value is -2.89. The number of alkyl halides is 3. The van der Waals surface area contributed by atoms with E-state index in [1.807, 2.05) is 0 Å². The van der Waals surface area contributed by atoms with Crippen LogP contribution in [-0.4, -0.2) is 35.7 Å². The fourth-order valence-corrected chi connectivity index (χ4v) is 1.56. The van der Waals surface area contributed by atoms with Crippen molar-refractivity contribution >= 4 is 12.1 Å². The van der Waals surface area contributed by atoms with Crippen LogP contribution in [0.1, 0.15) is 36.7 Å². The maximum Gasteiger partial charge on any atom is 0.573 e. The first-order valence-electron chi connectivity index (χ1n) is 6.95. The zero-order chi connectivity index (χ0) is 19.3. The average Bonchev–Trinajstić information content (AvgIpc) is 2.39. The van der Waals surface area contributed by atoms with Gasteiger partial charge in [-0.2, -0.15) is 0 Å². The maximum atomic E-state index is 12.3. The second-order valence-corrected chi connectivity index (χ2v) is 5.76. The minimum atomic E-state index is -4.96. The molecule has 0 heterocycles. The van der Waals surface area contributed by atoms with Gasteiger partial charge < -0.3 is 19.9 Å². The van der Waals surface area contributed by atoms with E-state index in [0.717, 1.165) is 18.2 Å². The number of rotatable bonds is 3. The highest BCUT2D eigenvalue weighted by Gasteiger charge is 2.31. The molecule has 1 rings (SSSR count). The van der Waals surface area contributed by atoms with Crippen LogP contribution >= 0.6 is 0 Å². The van der Waals surface area contributed by atoms with Gasteiger partial charge in [0, 0.05) is 5.56 Å². The predicted octanol–water partition coefficient (Wildman–Crippen LogP) is 3.16. The van der Waals surface area contributed by atoms with E-state index < -0.39 is 35.3 Å². The molecule has 0 spiro atoms. The van der Waals surface area contributed by atoms with E-state index in [1.165, 1.54) is 0 Å². The number of carboxylic acid groups (broad SMARTS) is 1. The molecule has 1 aromatic rings. The molecule has 2 N–H and O–H groups in total. The van der Waals surface area contributed by atoms with Crippen molar-refractivity contribution in [2.45, 2.75) is 32.7 Å². The highest BCUT2D eigenvalue weighted by molar-refractivity contribution is 5.88. The molecule has 9 heteroatoms. The number of carbonyl (C=O) groups excluding carboxylic acids is 1. The average molecular weight is 359 g/mol. The predicted molar refractivity (Wildman–Crippen MR) is 81.2 cm³/mol. The minimum absolute atomic E-state index is 0.00913. The first-order chi connectivity index (χ1) is 11.4. The maximum absolute atomic E-state index is 12.3. The van der Waals surface area contributed by atoms with Crippen LogP contribution in [0.5, 0.6) is 5.75 Å². The van der Waals surface area contributed by atoms with Crippen LogP contribution < -0.4 is 10.1 Å². The van der Waals surface area contributed by atoms with Crippen LogP contribution in [0.4, 0.5) is 18.0 Å². The summed E-state index contributed by atoms with van der Waals surface area (Å²) in [7, 11) is 0. The van der Waals surface area contributed by atoms with Crippen LogP contribution in [0.2, 0.25) is 0 Å². The lowest BCUT2D eigenvalue weighted by molar-refractivity contribution is -0.274. The molecule has 6 nitrogen and oxygen atoms in total. The fraction of sp³-hybridized carbons (Fsp3) is 0.375. The quantitative estimate of drug-likeness (QED) is 0.810. The van der Waals surface area contributed by atoms with Gasteiger partial charge in [0.15, 0.2) is 0 Å². The third-order valence-corrected chi connectivity index (χ3v) is 2.34. The molecule has 0 aromatic heterocycles. The summed E-state index contributed by atoms with van der Waals surface area (Å²) >= 11 is 0. The van der Waals surface area contributed by atoms with Gasteiger partial charge in [-0.15, -0.1) is 13.2 Å². The third-order valence-electron chi connectivity index (χ3n) is 2.34. The number of benzene rings is 1. The van der Waals surface area contributed by atoms with Crippen LogP contribution in [0.25, 0.3) is 0 Å². The molecule has 0 aliphatic heterocycles. The zero-order valence-corrected chi connectivity index (χ0v) is 13.7. The van der Waals surface area contributed by atoms with Gasteiger partial charge in [0.2, 0.25) is 0 Å². The number of carboxylic acids is 1. The van der Waals surface area contributed by atoms with Crippen molar-refractivity contribution in [2.24, 2.45) is 0 Å². The lowest BCUT2D eigenvalue weighted by Gasteiger charge is -2.19. The van der Waals surface area contributed by atoms with E-state index in [1.54, 1.807) is 20.8 Å². The molecular formula is C16H16F3NO5. The molecule has 0 aliphatic carbocycles. The van der Waals surface area contributed by atoms with Crippen molar-refractivity contribution in [3.05, 3.63) is 29.3 Å². The number of amides is 1. The second kappa shape index (κ2) is 7.79. The summed E-state index contributed by atoms with van der Waals surface area (Å²) in [6.45, 7) is 4.90. The van der Waals surface area contributed by atoms with Crippen molar-refractivity contribution in [3.63, 3.8) is 0 Å². The monoisotopic (exact) mass is 359 g/mol. The molecule has 0 unspecified atom stereocenters. The highest BCUT2D eigenvalue weighted by atomic mass is 19.4. The Balaban J connectivity index is 2.85. The molecule has 136 valence electrons. The highest BCUT2D eigenvalue weighted by Crippen LogP contribution is 2.25. The molecule has 0 bridgehead atoms. The SMILES string of the molecule is CC(C)(C)OC(=O)NCC#Cc1cc(OC(F)(F)F)cc(C(=O)O)c1. The topological polar surface area (TPSA) is 84.9 Å². The molecule has 0 atom stereocenters. The molecule has 0 aliphatic rings. The van der Waals surface area contributed by atoms with Gasteiger partial charge in [0.05, 0.1) is 12.1 Å². The molecule has 0 saturated heterocycles. The summed E-state index contributed by atoms with van der Waals surface area (Å²) in [5.41, 5.74) is -1.10. The molecule has 1 amide bonds. The first-order valence-corrected chi connectivity index (χ1v) is 6.95. The Morgan fingerprint density at radius 2 is 1.84 bits per heavy atom. The molecular weight excluding hydrogens is 343 g/mol. The number of aromatic carboxylic acids is 1. The third kappa shape index (κ3) is 8.50. The molecule has 0 fully saturated rings. The van der Waals surface area contributed by atoms with Crippen molar-refractivity contribution in [3.8, 4) is 17.6 Å².